The van der Waals surface area contributed by atoms with Gasteiger partial charge in [-0.05, 0) is 42.4 Å². The van der Waals surface area contributed by atoms with Gasteiger partial charge in [-0.25, -0.2) is 0 Å². The third-order valence-electron chi connectivity index (χ3n) is 5.12. The quantitative estimate of drug-likeness (QED) is 0.851. The number of rotatable bonds is 2. The fraction of sp³-hybridized carbons (Fsp3) is 0.412. The van der Waals surface area contributed by atoms with E-state index in [1.807, 2.05) is 23.1 Å². The summed E-state index contributed by atoms with van der Waals surface area (Å²) in [7, 11) is 0. The molecule has 2 heterocycles. The van der Waals surface area contributed by atoms with Crippen molar-refractivity contribution in [3.8, 4) is 0 Å². The number of amides is 1. The lowest BCUT2D eigenvalue weighted by atomic mass is 9.83. The number of hydrogen-bond acceptors (Lipinski definition) is 5. The number of carbonyl (C=O) groups is 2. The lowest BCUT2D eigenvalue weighted by Crippen LogP contribution is -2.30. The standard InChI is InChI=1S/C17H15N3O2S/c21-13-7-6-10-8-20(12-3-1-2-11(13)14(10)12)17(22)16-15(9-4-5-9)18-19-23-16/h1-3,9-10H,4-8H2. The van der Waals surface area contributed by atoms with Gasteiger partial charge in [0.2, 0.25) is 0 Å². The van der Waals surface area contributed by atoms with E-state index in [1.165, 1.54) is 11.5 Å². The first kappa shape index (κ1) is 13.4. The smallest absolute Gasteiger partial charge is 0.271 e. The van der Waals surface area contributed by atoms with Gasteiger partial charge in [0.25, 0.3) is 5.91 Å². The van der Waals surface area contributed by atoms with Crippen LogP contribution in [0.15, 0.2) is 18.2 Å². The molecule has 1 saturated carbocycles. The number of hydrogen-bond donors (Lipinski definition) is 0. The van der Waals surface area contributed by atoms with Gasteiger partial charge in [-0.1, -0.05) is 16.6 Å². The molecule has 0 N–H and O–H groups in total. The van der Waals surface area contributed by atoms with Gasteiger partial charge in [0, 0.05) is 36.1 Å². The first-order chi connectivity index (χ1) is 11.2. The summed E-state index contributed by atoms with van der Waals surface area (Å²) in [5.41, 5.74) is 3.65. The Morgan fingerprint density at radius 1 is 1.22 bits per heavy atom. The van der Waals surface area contributed by atoms with Crippen LogP contribution < -0.4 is 4.90 Å². The molecular weight excluding hydrogens is 310 g/mol. The molecule has 116 valence electrons. The minimum Gasteiger partial charge on any atom is -0.307 e. The molecule has 2 aromatic rings. The summed E-state index contributed by atoms with van der Waals surface area (Å²) >= 11 is 1.20. The second-order valence-corrected chi connectivity index (χ2v) is 7.33. The summed E-state index contributed by atoms with van der Waals surface area (Å²) in [6, 6.07) is 5.73. The van der Waals surface area contributed by atoms with Crippen LogP contribution in [0, 0.1) is 0 Å². The van der Waals surface area contributed by atoms with Crippen LogP contribution in [0.3, 0.4) is 0 Å². The van der Waals surface area contributed by atoms with E-state index in [1.54, 1.807) is 0 Å². The van der Waals surface area contributed by atoms with Gasteiger partial charge in [-0.2, -0.15) is 0 Å². The van der Waals surface area contributed by atoms with Gasteiger partial charge in [0.05, 0.1) is 5.69 Å². The summed E-state index contributed by atoms with van der Waals surface area (Å²) in [5.74, 6) is 0.893. The molecule has 6 heteroatoms. The third kappa shape index (κ3) is 1.91. The molecule has 1 aromatic heterocycles. The third-order valence-corrected chi connectivity index (χ3v) is 5.85. The second-order valence-electron chi connectivity index (χ2n) is 6.57. The highest BCUT2D eigenvalue weighted by atomic mass is 32.1. The highest BCUT2D eigenvalue weighted by molar-refractivity contribution is 7.08. The first-order valence-corrected chi connectivity index (χ1v) is 8.81. The number of carbonyl (C=O) groups excluding carboxylic acids is 2. The minimum absolute atomic E-state index is 0.00264. The number of Topliss-reactive ketones (excluding diaryl/α,β-unsaturated/α-hetero) is 1. The number of nitrogens with zero attached hydrogens (tertiary/aromatic N) is 3. The van der Waals surface area contributed by atoms with E-state index in [-0.39, 0.29) is 17.6 Å². The van der Waals surface area contributed by atoms with Crippen molar-refractivity contribution < 1.29 is 9.59 Å². The first-order valence-electron chi connectivity index (χ1n) is 8.04. The molecule has 1 amide bonds. The van der Waals surface area contributed by atoms with E-state index < -0.39 is 0 Å². The van der Waals surface area contributed by atoms with Crippen LogP contribution in [0.1, 0.15) is 68.8 Å². The van der Waals surface area contributed by atoms with Gasteiger partial charge in [-0.15, -0.1) is 5.10 Å². The Hall–Kier alpha value is -2.08. The number of benzene rings is 1. The van der Waals surface area contributed by atoms with E-state index >= 15 is 0 Å². The summed E-state index contributed by atoms with van der Waals surface area (Å²) in [4.78, 5) is 27.7. The van der Waals surface area contributed by atoms with Crippen molar-refractivity contribution in [2.45, 2.75) is 37.5 Å². The molecular formula is C17H15N3O2S. The Kier molecular flexibility index (Phi) is 2.74. The molecule has 0 bridgehead atoms. The van der Waals surface area contributed by atoms with Crippen molar-refractivity contribution in [1.82, 2.24) is 9.59 Å². The van der Waals surface area contributed by atoms with Crippen molar-refractivity contribution in [2.75, 3.05) is 11.4 Å². The topological polar surface area (TPSA) is 63.2 Å². The predicted octanol–water partition coefficient (Wildman–Crippen LogP) is 3.14. The summed E-state index contributed by atoms with van der Waals surface area (Å²) in [6.45, 7) is 0.667. The molecule has 2 aliphatic carbocycles. The SMILES string of the molecule is O=C1CCC2CN(C(=O)c3snnc3C3CC3)c3cccc1c32. The highest BCUT2D eigenvalue weighted by Gasteiger charge is 2.40. The molecule has 1 atom stereocenters. The van der Waals surface area contributed by atoms with Gasteiger partial charge >= 0.3 is 0 Å². The highest BCUT2D eigenvalue weighted by Crippen LogP contribution is 2.46. The number of ketones is 1. The van der Waals surface area contributed by atoms with E-state index in [9.17, 15) is 9.59 Å². The molecule has 1 aliphatic heterocycles. The maximum Gasteiger partial charge on any atom is 0.271 e. The Morgan fingerprint density at radius 3 is 2.91 bits per heavy atom. The molecule has 23 heavy (non-hydrogen) atoms. The van der Waals surface area contributed by atoms with Crippen molar-refractivity contribution in [3.05, 3.63) is 39.9 Å². The van der Waals surface area contributed by atoms with Crippen LogP contribution in [0.5, 0.6) is 0 Å². The van der Waals surface area contributed by atoms with E-state index in [4.69, 9.17) is 0 Å². The molecule has 3 aliphatic rings. The fourth-order valence-corrected chi connectivity index (χ4v) is 4.53. The summed E-state index contributed by atoms with van der Waals surface area (Å²) < 4.78 is 4.00. The Labute approximate surface area is 137 Å². The monoisotopic (exact) mass is 325 g/mol. The van der Waals surface area contributed by atoms with E-state index in [0.29, 0.717) is 23.8 Å². The van der Waals surface area contributed by atoms with Crippen LogP contribution in [0.2, 0.25) is 0 Å². The Morgan fingerprint density at radius 2 is 2.09 bits per heavy atom. The fourth-order valence-electron chi connectivity index (χ4n) is 3.83. The molecule has 1 fully saturated rings. The molecule has 5 nitrogen and oxygen atoms in total. The van der Waals surface area contributed by atoms with Crippen LogP contribution in [0.4, 0.5) is 5.69 Å². The second kappa shape index (κ2) is 4.71. The maximum absolute atomic E-state index is 13.1. The molecule has 0 saturated heterocycles. The normalized spacial score (nSPS) is 22.3. The predicted molar refractivity (Wildman–Crippen MR) is 86.3 cm³/mol. The summed E-state index contributed by atoms with van der Waals surface area (Å²) in [5, 5.41) is 4.17. The zero-order chi connectivity index (χ0) is 15.6. The molecule has 0 spiro atoms. The van der Waals surface area contributed by atoms with Crippen molar-refractivity contribution in [3.63, 3.8) is 0 Å². The lowest BCUT2D eigenvalue weighted by Gasteiger charge is -2.18. The zero-order valence-electron chi connectivity index (χ0n) is 12.5. The van der Waals surface area contributed by atoms with Crippen LogP contribution in [-0.2, 0) is 0 Å². The number of anilines is 1. The average Bonchev–Trinajstić information content (AvgIpc) is 3.17. The van der Waals surface area contributed by atoms with Crippen molar-refractivity contribution >= 4 is 28.9 Å². The average molecular weight is 325 g/mol. The zero-order valence-corrected chi connectivity index (χ0v) is 13.3. The Bertz CT molecular complexity index is 840. The van der Waals surface area contributed by atoms with Gasteiger partial charge in [0.1, 0.15) is 4.88 Å². The van der Waals surface area contributed by atoms with Crippen LogP contribution in [0.25, 0.3) is 0 Å². The van der Waals surface area contributed by atoms with Gasteiger partial charge in [-0.3, -0.25) is 9.59 Å². The maximum atomic E-state index is 13.1. The van der Waals surface area contributed by atoms with Gasteiger partial charge in [0.15, 0.2) is 5.78 Å². The van der Waals surface area contributed by atoms with E-state index in [0.717, 1.165) is 41.8 Å². The molecule has 0 radical (unpaired) electrons. The van der Waals surface area contributed by atoms with E-state index in [2.05, 4.69) is 9.59 Å². The van der Waals surface area contributed by atoms with Crippen molar-refractivity contribution in [1.29, 1.82) is 0 Å². The van der Waals surface area contributed by atoms with Crippen LogP contribution in [-0.4, -0.2) is 27.8 Å². The minimum atomic E-state index is -0.00264. The largest absolute Gasteiger partial charge is 0.307 e. The molecule has 1 aromatic carbocycles. The lowest BCUT2D eigenvalue weighted by molar-refractivity contribution is 0.0968. The summed E-state index contributed by atoms with van der Waals surface area (Å²) in [6.07, 6.45) is 3.62. The van der Waals surface area contributed by atoms with Crippen LogP contribution >= 0.6 is 11.5 Å². The molecule has 1 unspecified atom stereocenters. The Balaban J connectivity index is 1.58. The van der Waals surface area contributed by atoms with Crippen molar-refractivity contribution in [2.24, 2.45) is 0 Å². The molecule has 5 rings (SSSR count). The number of aromatic nitrogens is 2. The van der Waals surface area contributed by atoms with Gasteiger partial charge < -0.3 is 4.90 Å².